The molecular formula is C22H42N2O3. The molecule has 0 aliphatic carbocycles. The van der Waals surface area contributed by atoms with E-state index in [1.807, 2.05) is 6.92 Å². The van der Waals surface area contributed by atoms with Crippen LogP contribution in [0.5, 0.6) is 0 Å². The summed E-state index contributed by atoms with van der Waals surface area (Å²) in [4.78, 5) is 18.1. The number of aromatic nitrogens is 1. The third-order valence-electron chi connectivity index (χ3n) is 3.42. The largest absolute Gasteiger partial charge is 0.550 e. The predicted octanol–water partition coefficient (Wildman–Crippen LogP) is 3.05. The van der Waals surface area contributed by atoms with Gasteiger partial charge in [-0.25, -0.2) is 4.57 Å². The number of carbonyl (C=O) groups is 2. The van der Waals surface area contributed by atoms with Crippen LogP contribution in [0.25, 0.3) is 0 Å². The number of nitrogens with two attached hydrogens (primary N) is 1. The van der Waals surface area contributed by atoms with Crippen molar-refractivity contribution in [1.29, 1.82) is 0 Å². The quantitative estimate of drug-likeness (QED) is 0.580. The standard InChI is InChI=1S/C13H22N.C4H11N.C3H6O.C2H4O2/c1-5-7-8-14-10-11(3)9-12(4)13(14)6-2;1-2-3-4-5;1-2-3-4;1-2(3)4/h9-10H,5-8H2,1-4H3;2-5H2,1H3;3H,2H2,1H3;1H3,(H,3,4)/q+1;;;/p-1. The zero-order valence-electron chi connectivity index (χ0n) is 18.6. The van der Waals surface area contributed by atoms with E-state index in [0.29, 0.717) is 6.42 Å². The highest BCUT2D eigenvalue weighted by molar-refractivity contribution is 5.60. The zero-order valence-corrected chi connectivity index (χ0v) is 18.6. The topological polar surface area (TPSA) is 87.1 Å². The first-order valence-corrected chi connectivity index (χ1v) is 10.1. The number of rotatable bonds is 7. The molecule has 158 valence electrons. The lowest BCUT2D eigenvalue weighted by Gasteiger charge is -2.06. The fourth-order valence-corrected chi connectivity index (χ4v) is 2.23. The summed E-state index contributed by atoms with van der Waals surface area (Å²) in [5.74, 6) is -1.08. The molecule has 0 atom stereocenters. The van der Waals surface area contributed by atoms with E-state index < -0.39 is 5.97 Å². The van der Waals surface area contributed by atoms with Crippen LogP contribution >= 0.6 is 0 Å². The van der Waals surface area contributed by atoms with Crippen molar-refractivity contribution in [1.82, 2.24) is 0 Å². The molecule has 0 saturated carbocycles. The molecule has 0 radical (unpaired) electrons. The lowest BCUT2D eigenvalue weighted by atomic mass is 10.1. The number of pyridine rings is 1. The molecule has 0 saturated heterocycles. The Morgan fingerprint density at radius 3 is 1.93 bits per heavy atom. The van der Waals surface area contributed by atoms with Crippen LogP contribution in [0.2, 0.25) is 0 Å². The van der Waals surface area contributed by atoms with Gasteiger partial charge in [0.2, 0.25) is 0 Å². The summed E-state index contributed by atoms with van der Waals surface area (Å²) >= 11 is 0. The van der Waals surface area contributed by atoms with Crippen molar-refractivity contribution < 1.29 is 19.3 Å². The number of aldehydes is 1. The van der Waals surface area contributed by atoms with Crippen LogP contribution in [0, 0.1) is 13.8 Å². The van der Waals surface area contributed by atoms with Gasteiger partial charge in [-0.2, -0.15) is 0 Å². The van der Waals surface area contributed by atoms with Crippen LogP contribution in [-0.2, 0) is 22.6 Å². The number of carbonyl (C=O) groups excluding carboxylic acids is 2. The number of unbranched alkanes of at least 4 members (excludes halogenated alkanes) is 2. The molecular weight excluding hydrogens is 340 g/mol. The van der Waals surface area contributed by atoms with E-state index in [1.165, 1.54) is 49.0 Å². The lowest BCUT2D eigenvalue weighted by molar-refractivity contribution is -0.705. The minimum absolute atomic E-state index is 0.639. The van der Waals surface area contributed by atoms with Crippen molar-refractivity contribution in [3.05, 3.63) is 29.1 Å². The van der Waals surface area contributed by atoms with Crippen molar-refractivity contribution >= 4 is 12.3 Å². The summed E-state index contributed by atoms with van der Waals surface area (Å²) in [6.07, 6.45) is 9.86. The van der Waals surface area contributed by atoms with Crippen molar-refractivity contribution in [2.24, 2.45) is 5.73 Å². The van der Waals surface area contributed by atoms with Crippen molar-refractivity contribution in [3.8, 4) is 0 Å². The molecule has 1 heterocycles. The Balaban J connectivity index is -0.000000365. The molecule has 0 fully saturated rings. The van der Waals surface area contributed by atoms with Gasteiger partial charge < -0.3 is 20.4 Å². The highest BCUT2D eigenvalue weighted by Crippen LogP contribution is 2.06. The Bertz CT molecular complexity index is 483. The van der Waals surface area contributed by atoms with E-state index in [2.05, 4.69) is 51.4 Å². The van der Waals surface area contributed by atoms with Gasteiger partial charge in [-0.05, 0) is 39.8 Å². The van der Waals surface area contributed by atoms with Gasteiger partial charge in [0.1, 0.15) is 12.8 Å². The number of carboxylic acid groups (broad SMARTS) is 1. The van der Waals surface area contributed by atoms with Crippen LogP contribution in [-0.4, -0.2) is 18.8 Å². The van der Waals surface area contributed by atoms with Crippen LogP contribution in [0.15, 0.2) is 12.3 Å². The molecule has 27 heavy (non-hydrogen) atoms. The normalized spacial score (nSPS) is 8.89. The molecule has 0 spiro atoms. The Kier molecular flexibility index (Phi) is 24.8. The monoisotopic (exact) mass is 382 g/mol. The van der Waals surface area contributed by atoms with Crippen LogP contribution in [0.3, 0.4) is 0 Å². The first-order chi connectivity index (χ1) is 12.7. The average molecular weight is 383 g/mol. The van der Waals surface area contributed by atoms with Crippen molar-refractivity contribution in [3.63, 3.8) is 0 Å². The Hall–Kier alpha value is -1.75. The molecule has 1 rings (SSSR count). The number of hydrogen-bond donors (Lipinski definition) is 1. The molecule has 0 unspecified atom stereocenters. The molecule has 5 heteroatoms. The molecule has 0 aromatic carbocycles. The Morgan fingerprint density at radius 2 is 1.63 bits per heavy atom. The number of carboxylic acids is 1. The van der Waals surface area contributed by atoms with Gasteiger partial charge in [-0.3, -0.25) is 0 Å². The fraction of sp³-hybridized carbons (Fsp3) is 0.682. The van der Waals surface area contributed by atoms with Crippen molar-refractivity contribution in [2.45, 2.75) is 93.5 Å². The maximum absolute atomic E-state index is 9.17. The second-order valence-corrected chi connectivity index (χ2v) is 6.26. The van der Waals surface area contributed by atoms with E-state index in [0.717, 1.165) is 26.2 Å². The highest BCUT2D eigenvalue weighted by atomic mass is 16.4. The van der Waals surface area contributed by atoms with E-state index in [-0.39, 0.29) is 0 Å². The van der Waals surface area contributed by atoms with Crippen LogP contribution in [0.4, 0.5) is 0 Å². The summed E-state index contributed by atoms with van der Waals surface area (Å²) in [5.41, 5.74) is 9.43. The molecule has 0 aliphatic rings. The summed E-state index contributed by atoms with van der Waals surface area (Å²) in [6, 6.07) is 2.28. The maximum atomic E-state index is 9.17. The summed E-state index contributed by atoms with van der Waals surface area (Å²) in [5, 5.41) is 8.89. The minimum Gasteiger partial charge on any atom is -0.550 e. The number of hydrogen-bond acceptors (Lipinski definition) is 4. The second kappa shape index (κ2) is 22.3. The summed E-state index contributed by atoms with van der Waals surface area (Å²) in [6.45, 7) is 15.8. The zero-order chi connectivity index (χ0) is 21.7. The first-order valence-electron chi connectivity index (χ1n) is 10.1. The van der Waals surface area contributed by atoms with Crippen LogP contribution in [0.1, 0.15) is 83.5 Å². The highest BCUT2D eigenvalue weighted by Gasteiger charge is 2.11. The van der Waals surface area contributed by atoms with Gasteiger partial charge >= 0.3 is 0 Å². The Labute approximate surface area is 167 Å². The molecule has 0 aliphatic heterocycles. The minimum atomic E-state index is -1.08. The molecule has 5 nitrogen and oxygen atoms in total. The van der Waals surface area contributed by atoms with Gasteiger partial charge in [-0.15, -0.1) is 0 Å². The molecule has 1 aromatic heterocycles. The molecule has 0 bridgehead atoms. The van der Waals surface area contributed by atoms with Gasteiger partial charge in [-0.1, -0.05) is 40.5 Å². The number of nitrogens with zero attached hydrogens (tertiary/aromatic N) is 1. The SMILES string of the molecule is CC(=O)[O-].CCC=O.CCCCN.CCCC[n+]1cc(C)cc(C)c1CC. The summed E-state index contributed by atoms with van der Waals surface area (Å²) in [7, 11) is 0. The van der Waals surface area contributed by atoms with E-state index in [1.54, 1.807) is 0 Å². The fourth-order valence-electron chi connectivity index (χ4n) is 2.23. The smallest absolute Gasteiger partial charge is 0.183 e. The van der Waals surface area contributed by atoms with E-state index >= 15 is 0 Å². The van der Waals surface area contributed by atoms with Crippen LogP contribution < -0.4 is 15.4 Å². The van der Waals surface area contributed by atoms with Gasteiger partial charge in [0.05, 0.1) is 0 Å². The number of aliphatic carboxylic acids is 1. The maximum Gasteiger partial charge on any atom is 0.183 e. The second-order valence-electron chi connectivity index (χ2n) is 6.26. The van der Waals surface area contributed by atoms with Gasteiger partial charge in [0.25, 0.3) is 0 Å². The lowest BCUT2D eigenvalue weighted by Crippen LogP contribution is -2.39. The van der Waals surface area contributed by atoms with E-state index in [4.69, 9.17) is 15.6 Å². The summed E-state index contributed by atoms with van der Waals surface area (Å²) < 4.78 is 2.42. The van der Waals surface area contributed by atoms with Gasteiger partial charge in [0, 0.05) is 36.4 Å². The molecule has 1 aromatic rings. The Morgan fingerprint density at radius 1 is 1.15 bits per heavy atom. The average Bonchev–Trinajstić information content (AvgIpc) is 2.60. The van der Waals surface area contributed by atoms with Gasteiger partial charge in [0.15, 0.2) is 11.9 Å². The number of aryl methyl sites for hydroxylation is 3. The third-order valence-corrected chi connectivity index (χ3v) is 3.42. The molecule has 0 amide bonds. The van der Waals surface area contributed by atoms with Crippen molar-refractivity contribution in [2.75, 3.05) is 6.54 Å². The third kappa shape index (κ3) is 22.2. The molecule has 2 N–H and O–H groups in total. The van der Waals surface area contributed by atoms with E-state index in [9.17, 15) is 4.79 Å². The first kappa shape index (κ1) is 30.0. The predicted molar refractivity (Wildman–Crippen MR) is 111 cm³/mol.